The van der Waals surface area contributed by atoms with Gasteiger partial charge in [0.2, 0.25) is 5.55 Å². The first-order valence-corrected chi connectivity index (χ1v) is 9.65. The SMILES string of the molecule is CCN(CC)c1ccc2cc(-c3nn(-c4c(F)c(F)cc(F)c4F)c(=O)[nH]3)c(=N)oc2c1. The summed E-state index contributed by atoms with van der Waals surface area (Å²) in [5, 5.41) is 12.5. The molecule has 0 atom stereocenters. The summed E-state index contributed by atoms with van der Waals surface area (Å²) in [5.74, 6) is -7.17. The minimum absolute atomic E-state index is 0.0154. The smallest absolute Gasteiger partial charge is 0.348 e. The molecule has 2 N–H and O–H groups in total. The number of hydrogen-bond acceptors (Lipinski definition) is 5. The van der Waals surface area contributed by atoms with Crippen molar-refractivity contribution < 1.29 is 22.0 Å². The monoisotopic (exact) mass is 447 g/mol. The summed E-state index contributed by atoms with van der Waals surface area (Å²) < 4.78 is 61.1. The van der Waals surface area contributed by atoms with Crippen LogP contribution < -0.4 is 16.1 Å². The van der Waals surface area contributed by atoms with Gasteiger partial charge in [0.05, 0.1) is 5.56 Å². The average molecular weight is 447 g/mol. The van der Waals surface area contributed by atoms with Crippen molar-refractivity contribution in [3.05, 3.63) is 69.6 Å². The van der Waals surface area contributed by atoms with Crippen LogP contribution in [0, 0.1) is 28.7 Å². The van der Waals surface area contributed by atoms with Crippen LogP contribution in [0.2, 0.25) is 0 Å². The van der Waals surface area contributed by atoms with Crippen molar-refractivity contribution in [2.45, 2.75) is 13.8 Å². The first-order chi connectivity index (χ1) is 15.2. The van der Waals surface area contributed by atoms with E-state index in [9.17, 15) is 22.4 Å². The molecule has 0 spiro atoms. The predicted octanol–water partition coefficient (Wildman–Crippen LogP) is 3.86. The molecular weight excluding hydrogens is 430 g/mol. The van der Waals surface area contributed by atoms with Crippen LogP contribution in [0.25, 0.3) is 28.0 Å². The lowest BCUT2D eigenvalue weighted by Crippen LogP contribution is -2.21. The fourth-order valence-electron chi connectivity index (χ4n) is 3.42. The zero-order chi connectivity index (χ0) is 23.2. The van der Waals surface area contributed by atoms with Gasteiger partial charge in [0.15, 0.2) is 29.1 Å². The van der Waals surface area contributed by atoms with Crippen molar-refractivity contribution in [3.63, 3.8) is 0 Å². The highest BCUT2D eigenvalue weighted by molar-refractivity contribution is 5.83. The van der Waals surface area contributed by atoms with E-state index in [2.05, 4.69) is 15.0 Å². The van der Waals surface area contributed by atoms with Crippen molar-refractivity contribution in [1.29, 1.82) is 5.41 Å². The van der Waals surface area contributed by atoms with E-state index in [-0.39, 0.29) is 27.7 Å². The number of H-pyrrole nitrogens is 1. The Labute approximate surface area is 178 Å². The summed E-state index contributed by atoms with van der Waals surface area (Å²) >= 11 is 0. The molecule has 166 valence electrons. The van der Waals surface area contributed by atoms with E-state index in [1.165, 1.54) is 6.07 Å². The first-order valence-electron chi connectivity index (χ1n) is 9.65. The molecule has 0 saturated heterocycles. The molecule has 0 unspecified atom stereocenters. The maximum Gasteiger partial charge on any atom is 0.348 e. The van der Waals surface area contributed by atoms with Gasteiger partial charge in [0.1, 0.15) is 11.3 Å². The zero-order valence-electron chi connectivity index (χ0n) is 17.0. The van der Waals surface area contributed by atoms with Crippen LogP contribution in [-0.2, 0) is 0 Å². The fourth-order valence-corrected chi connectivity index (χ4v) is 3.42. The van der Waals surface area contributed by atoms with Gasteiger partial charge < -0.3 is 9.32 Å². The maximum atomic E-state index is 14.1. The van der Waals surface area contributed by atoms with Crippen molar-refractivity contribution in [2.24, 2.45) is 0 Å². The van der Waals surface area contributed by atoms with Crippen LogP contribution in [0.1, 0.15) is 13.8 Å². The van der Waals surface area contributed by atoms with Gasteiger partial charge in [0, 0.05) is 36.3 Å². The molecule has 0 aliphatic carbocycles. The van der Waals surface area contributed by atoms with E-state index in [1.807, 2.05) is 19.9 Å². The molecule has 2 aromatic carbocycles. The van der Waals surface area contributed by atoms with Crippen LogP contribution in [0.15, 0.2) is 39.5 Å². The number of aromatic nitrogens is 3. The first kappa shape index (κ1) is 21.3. The number of rotatable bonds is 5. The number of nitrogens with zero attached hydrogens (tertiary/aromatic N) is 3. The van der Waals surface area contributed by atoms with Crippen LogP contribution in [0.5, 0.6) is 0 Å². The van der Waals surface area contributed by atoms with Gasteiger partial charge in [0.25, 0.3) is 0 Å². The predicted molar refractivity (Wildman–Crippen MR) is 109 cm³/mol. The highest BCUT2D eigenvalue weighted by Gasteiger charge is 2.24. The lowest BCUT2D eigenvalue weighted by Gasteiger charge is -2.21. The second-order valence-electron chi connectivity index (χ2n) is 6.89. The van der Waals surface area contributed by atoms with Gasteiger partial charge in [-0.2, -0.15) is 4.68 Å². The number of fused-ring (bicyclic) bond motifs is 1. The number of anilines is 1. The summed E-state index contributed by atoms with van der Waals surface area (Å²) in [6, 6.07) is 6.93. The van der Waals surface area contributed by atoms with Crippen molar-refractivity contribution in [3.8, 4) is 17.1 Å². The third-order valence-electron chi connectivity index (χ3n) is 5.06. The minimum atomic E-state index is -1.78. The molecule has 0 fully saturated rings. The van der Waals surface area contributed by atoms with Gasteiger partial charge in [-0.05, 0) is 32.0 Å². The third kappa shape index (κ3) is 3.45. The van der Waals surface area contributed by atoms with E-state index in [4.69, 9.17) is 9.83 Å². The molecular formula is C21H17F4N5O2. The molecule has 0 bridgehead atoms. The van der Waals surface area contributed by atoms with Crippen molar-refractivity contribution in [1.82, 2.24) is 14.8 Å². The Morgan fingerprint density at radius 3 is 2.34 bits per heavy atom. The molecule has 7 nitrogen and oxygen atoms in total. The molecule has 2 aromatic heterocycles. The summed E-state index contributed by atoms with van der Waals surface area (Å²) in [6.07, 6.45) is 0. The highest BCUT2D eigenvalue weighted by Crippen LogP contribution is 2.25. The Morgan fingerprint density at radius 2 is 1.72 bits per heavy atom. The average Bonchev–Trinajstić information content (AvgIpc) is 3.14. The van der Waals surface area contributed by atoms with Gasteiger partial charge in [-0.3, -0.25) is 10.4 Å². The van der Waals surface area contributed by atoms with Gasteiger partial charge in [-0.1, -0.05) is 0 Å². The second kappa shape index (κ2) is 7.98. The quantitative estimate of drug-likeness (QED) is 0.359. The molecule has 11 heteroatoms. The standard InChI is InChI=1S/C21H17F4N5O2/c1-3-29(4-2)11-6-5-10-7-12(19(26)32-15(10)8-11)20-27-21(31)30(28-20)18-16(24)13(22)9-14(23)17(18)25/h5-9,26H,3-4H2,1-2H3,(H,27,28,31). The van der Waals surface area contributed by atoms with E-state index >= 15 is 0 Å². The lowest BCUT2D eigenvalue weighted by atomic mass is 10.1. The number of benzene rings is 2. The Balaban J connectivity index is 1.85. The van der Waals surface area contributed by atoms with Gasteiger partial charge in [-0.25, -0.2) is 22.4 Å². The number of nitrogens with one attached hydrogen (secondary N) is 2. The normalized spacial score (nSPS) is 11.3. The second-order valence-corrected chi connectivity index (χ2v) is 6.89. The molecule has 32 heavy (non-hydrogen) atoms. The van der Waals surface area contributed by atoms with Gasteiger partial charge >= 0.3 is 5.69 Å². The molecule has 0 saturated carbocycles. The van der Waals surface area contributed by atoms with Crippen LogP contribution in [0.4, 0.5) is 23.2 Å². The maximum absolute atomic E-state index is 14.1. The third-order valence-corrected chi connectivity index (χ3v) is 5.06. The summed E-state index contributed by atoms with van der Waals surface area (Å²) in [5.41, 5.74) is -1.50. The van der Waals surface area contributed by atoms with E-state index in [1.54, 1.807) is 12.1 Å². The van der Waals surface area contributed by atoms with E-state index < -0.39 is 34.6 Å². The minimum Gasteiger partial charge on any atom is -0.438 e. The van der Waals surface area contributed by atoms with Gasteiger partial charge in [-0.15, -0.1) is 5.10 Å². The summed E-state index contributed by atoms with van der Waals surface area (Å²) in [4.78, 5) is 16.6. The van der Waals surface area contributed by atoms with Crippen molar-refractivity contribution in [2.75, 3.05) is 18.0 Å². The number of aromatic amines is 1. The number of halogens is 4. The Hall–Kier alpha value is -3.89. The Morgan fingerprint density at radius 1 is 1.06 bits per heavy atom. The van der Waals surface area contributed by atoms with Crippen LogP contribution in [-0.4, -0.2) is 27.9 Å². The molecule has 0 radical (unpaired) electrons. The molecule has 4 rings (SSSR count). The van der Waals surface area contributed by atoms with Crippen LogP contribution in [0.3, 0.4) is 0 Å². The fraction of sp³-hybridized carbons (Fsp3) is 0.190. The topological polar surface area (TPSA) is 90.9 Å². The molecule has 0 aliphatic heterocycles. The molecule has 4 aromatic rings. The summed E-state index contributed by atoms with van der Waals surface area (Å²) in [7, 11) is 0. The molecule has 2 heterocycles. The molecule has 0 aliphatic rings. The van der Waals surface area contributed by atoms with Crippen LogP contribution >= 0.6 is 0 Å². The van der Waals surface area contributed by atoms with Crippen molar-refractivity contribution >= 4 is 16.7 Å². The molecule has 0 amide bonds. The zero-order valence-corrected chi connectivity index (χ0v) is 17.0. The summed E-state index contributed by atoms with van der Waals surface area (Å²) in [6.45, 7) is 5.57. The lowest BCUT2D eigenvalue weighted by molar-refractivity contribution is 0.443. The van der Waals surface area contributed by atoms with E-state index in [0.29, 0.717) is 11.0 Å². The number of hydrogen-bond donors (Lipinski definition) is 2. The Kier molecular flexibility index (Phi) is 5.33. The van der Waals surface area contributed by atoms with E-state index in [0.717, 1.165) is 18.8 Å². The largest absolute Gasteiger partial charge is 0.438 e. The Bertz CT molecular complexity index is 1430. The highest BCUT2D eigenvalue weighted by atomic mass is 19.2.